The third-order valence-electron chi connectivity index (χ3n) is 3.49. The molecule has 0 aliphatic heterocycles. The van der Waals surface area contributed by atoms with Gasteiger partial charge in [-0.15, -0.1) is 11.3 Å². The largest absolute Gasteiger partial charge is 0.493 e. The normalized spacial score (nSPS) is 13.7. The van der Waals surface area contributed by atoms with Crippen molar-refractivity contribution in [3.63, 3.8) is 0 Å². The predicted molar refractivity (Wildman–Crippen MR) is 88.6 cm³/mol. The Balaban J connectivity index is 1.97. The second kappa shape index (κ2) is 7.48. The first kappa shape index (κ1) is 15.9. The van der Waals surface area contributed by atoms with Gasteiger partial charge < -0.3 is 14.8 Å². The Morgan fingerprint density at radius 2 is 1.86 bits per heavy atom. The second-order valence-electron chi connectivity index (χ2n) is 5.20. The van der Waals surface area contributed by atoms with Crippen LogP contribution in [0.5, 0.6) is 11.5 Å². The number of nitrogens with one attached hydrogen (secondary N) is 1. The fourth-order valence-corrected chi connectivity index (χ4v) is 3.21. The summed E-state index contributed by atoms with van der Waals surface area (Å²) in [5.74, 6) is 1.56. The van der Waals surface area contributed by atoms with Crippen molar-refractivity contribution in [2.75, 3.05) is 14.2 Å². The molecular formula is C17H23NO2S. The molecule has 21 heavy (non-hydrogen) atoms. The molecule has 0 aliphatic rings. The van der Waals surface area contributed by atoms with Crippen molar-refractivity contribution in [2.45, 2.75) is 32.4 Å². The fraction of sp³-hybridized carbons (Fsp3) is 0.412. The molecule has 1 unspecified atom stereocenters. The van der Waals surface area contributed by atoms with Crippen molar-refractivity contribution < 1.29 is 9.47 Å². The standard InChI is InChI=1S/C17H23NO2S/c1-12(18-13(2)17-6-5-9-21-17)10-14-7-8-15(19-3)16(11-14)20-4/h5-9,11-13,18H,10H2,1-4H3/t12?,13-/m0/s1. The van der Waals surface area contributed by atoms with Gasteiger partial charge in [-0.05, 0) is 49.4 Å². The molecule has 1 aromatic carbocycles. The SMILES string of the molecule is COc1ccc(CC(C)N[C@@H](C)c2cccs2)cc1OC. The van der Waals surface area contributed by atoms with E-state index >= 15 is 0 Å². The minimum Gasteiger partial charge on any atom is -0.493 e. The van der Waals surface area contributed by atoms with E-state index in [0.29, 0.717) is 12.1 Å². The molecule has 0 spiro atoms. The third-order valence-corrected chi connectivity index (χ3v) is 4.55. The van der Waals surface area contributed by atoms with Crippen molar-refractivity contribution in [2.24, 2.45) is 0 Å². The van der Waals surface area contributed by atoms with Crippen LogP contribution in [0, 0.1) is 0 Å². The van der Waals surface area contributed by atoms with Gasteiger partial charge in [-0.3, -0.25) is 0 Å². The molecule has 0 bridgehead atoms. The summed E-state index contributed by atoms with van der Waals surface area (Å²) in [5, 5.41) is 5.75. The van der Waals surface area contributed by atoms with Crippen LogP contribution in [0.4, 0.5) is 0 Å². The molecule has 2 rings (SSSR count). The summed E-state index contributed by atoms with van der Waals surface area (Å²) in [5.41, 5.74) is 1.24. The van der Waals surface area contributed by atoms with Gasteiger partial charge in [-0.25, -0.2) is 0 Å². The molecular weight excluding hydrogens is 282 g/mol. The fourth-order valence-electron chi connectivity index (χ4n) is 2.47. The van der Waals surface area contributed by atoms with E-state index in [-0.39, 0.29) is 0 Å². The minimum atomic E-state index is 0.375. The first-order valence-corrected chi connectivity index (χ1v) is 8.02. The summed E-state index contributed by atoms with van der Waals surface area (Å²) < 4.78 is 10.6. The molecule has 2 aromatic rings. The van der Waals surface area contributed by atoms with Gasteiger partial charge in [0.25, 0.3) is 0 Å². The van der Waals surface area contributed by atoms with Crippen LogP contribution in [0.3, 0.4) is 0 Å². The molecule has 0 saturated carbocycles. The van der Waals surface area contributed by atoms with E-state index in [2.05, 4.69) is 42.7 Å². The Kier molecular flexibility index (Phi) is 5.65. The highest BCUT2D eigenvalue weighted by molar-refractivity contribution is 7.10. The van der Waals surface area contributed by atoms with Gasteiger partial charge in [0.15, 0.2) is 11.5 Å². The van der Waals surface area contributed by atoms with Crippen LogP contribution in [0.1, 0.15) is 30.3 Å². The molecule has 1 N–H and O–H groups in total. The lowest BCUT2D eigenvalue weighted by Gasteiger charge is -2.19. The first-order valence-electron chi connectivity index (χ1n) is 7.14. The number of hydrogen-bond acceptors (Lipinski definition) is 4. The molecule has 3 nitrogen and oxygen atoms in total. The van der Waals surface area contributed by atoms with E-state index in [1.165, 1.54) is 10.4 Å². The molecule has 0 radical (unpaired) electrons. The quantitative estimate of drug-likeness (QED) is 0.837. The highest BCUT2D eigenvalue weighted by Gasteiger charge is 2.12. The highest BCUT2D eigenvalue weighted by atomic mass is 32.1. The van der Waals surface area contributed by atoms with E-state index < -0.39 is 0 Å². The third kappa shape index (κ3) is 4.22. The van der Waals surface area contributed by atoms with Gasteiger partial charge in [0, 0.05) is 17.0 Å². The monoisotopic (exact) mass is 305 g/mol. The Morgan fingerprint density at radius 1 is 1.10 bits per heavy atom. The summed E-state index contributed by atoms with van der Waals surface area (Å²) in [6.07, 6.45) is 0.954. The van der Waals surface area contributed by atoms with Crippen molar-refractivity contribution >= 4 is 11.3 Å². The van der Waals surface area contributed by atoms with E-state index in [4.69, 9.17) is 9.47 Å². The molecule has 4 heteroatoms. The molecule has 1 heterocycles. The molecule has 0 amide bonds. The van der Waals surface area contributed by atoms with Gasteiger partial charge in [0.2, 0.25) is 0 Å². The summed E-state index contributed by atoms with van der Waals surface area (Å²) in [6, 6.07) is 11.1. The van der Waals surface area contributed by atoms with Gasteiger partial charge in [0.1, 0.15) is 0 Å². The van der Waals surface area contributed by atoms with Gasteiger partial charge in [0.05, 0.1) is 14.2 Å². The lowest BCUT2D eigenvalue weighted by Crippen LogP contribution is -2.30. The van der Waals surface area contributed by atoms with Gasteiger partial charge in [-0.1, -0.05) is 12.1 Å². The van der Waals surface area contributed by atoms with Crippen LogP contribution < -0.4 is 14.8 Å². The molecule has 1 aromatic heterocycles. The molecule has 0 aliphatic carbocycles. The molecule has 114 valence electrons. The maximum atomic E-state index is 5.35. The Hall–Kier alpha value is -1.52. The van der Waals surface area contributed by atoms with Crippen LogP contribution in [0.25, 0.3) is 0 Å². The van der Waals surface area contributed by atoms with Crippen molar-refractivity contribution in [3.8, 4) is 11.5 Å². The zero-order chi connectivity index (χ0) is 15.2. The van der Waals surface area contributed by atoms with Crippen molar-refractivity contribution in [3.05, 3.63) is 46.2 Å². The van der Waals surface area contributed by atoms with Crippen LogP contribution >= 0.6 is 11.3 Å². The average molecular weight is 305 g/mol. The zero-order valence-corrected chi connectivity index (χ0v) is 13.9. The summed E-state index contributed by atoms with van der Waals surface area (Å²) in [6.45, 7) is 4.41. The minimum absolute atomic E-state index is 0.375. The lowest BCUT2D eigenvalue weighted by molar-refractivity contribution is 0.354. The number of methoxy groups -OCH3 is 2. The maximum Gasteiger partial charge on any atom is 0.160 e. The zero-order valence-electron chi connectivity index (χ0n) is 13.1. The molecule has 0 saturated heterocycles. The number of thiophene rings is 1. The van der Waals surface area contributed by atoms with Crippen LogP contribution in [0.15, 0.2) is 35.7 Å². The average Bonchev–Trinajstić information content (AvgIpc) is 3.01. The van der Waals surface area contributed by atoms with E-state index in [0.717, 1.165) is 17.9 Å². The first-order chi connectivity index (χ1) is 10.1. The van der Waals surface area contributed by atoms with Gasteiger partial charge >= 0.3 is 0 Å². The second-order valence-corrected chi connectivity index (χ2v) is 6.18. The van der Waals surface area contributed by atoms with Crippen molar-refractivity contribution in [1.82, 2.24) is 5.32 Å². The number of rotatable bonds is 7. The number of ether oxygens (including phenoxy) is 2. The van der Waals surface area contributed by atoms with E-state index in [9.17, 15) is 0 Å². The van der Waals surface area contributed by atoms with Crippen LogP contribution in [0.2, 0.25) is 0 Å². The summed E-state index contributed by atoms with van der Waals surface area (Å²) in [7, 11) is 3.33. The highest BCUT2D eigenvalue weighted by Crippen LogP contribution is 2.28. The lowest BCUT2D eigenvalue weighted by atomic mass is 10.1. The van der Waals surface area contributed by atoms with E-state index in [1.807, 2.05) is 12.1 Å². The Morgan fingerprint density at radius 3 is 2.48 bits per heavy atom. The Bertz CT molecular complexity index is 554. The summed E-state index contributed by atoms with van der Waals surface area (Å²) in [4.78, 5) is 1.37. The summed E-state index contributed by atoms with van der Waals surface area (Å²) >= 11 is 1.79. The van der Waals surface area contributed by atoms with Crippen LogP contribution in [-0.2, 0) is 6.42 Å². The van der Waals surface area contributed by atoms with Crippen molar-refractivity contribution in [1.29, 1.82) is 0 Å². The predicted octanol–water partition coefficient (Wildman–Crippen LogP) is 4.05. The number of benzene rings is 1. The maximum absolute atomic E-state index is 5.35. The molecule has 2 atom stereocenters. The molecule has 0 fully saturated rings. The van der Waals surface area contributed by atoms with E-state index in [1.54, 1.807) is 25.6 Å². The van der Waals surface area contributed by atoms with Crippen LogP contribution in [-0.4, -0.2) is 20.3 Å². The smallest absolute Gasteiger partial charge is 0.160 e. The topological polar surface area (TPSA) is 30.5 Å². The van der Waals surface area contributed by atoms with Gasteiger partial charge in [-0.2, -0.15) is 0 Å². The number of hydrogen-bond donors (Lipinski definition) is 1. The Labute approximate surface area is 130 Å².